The summed E-state index contributed by atoms with van der Waals surface area (Å²) < 4.78 is 79.4. The van der Waals surface area contributed by atoms with Gasteiger partial charge in [0.25, 0.3) is 10.0 Å². The van der Waals surface area contributed by atoms with Gasteiger partial charge in [-0.2, -0.15) is 0 Å². The van der Waals surface area contributed by atoms with Crippen LogP contribution in [0.1, 0.15) is 5.76 Å². The van der Waals surface area contributed by atoms with Crippen molar-refractivity contribution in [1.29, 1.82) is 0 Å². The molecule has 0 aliphatic rings. The zero-order valence-corrected chi connectivity index (χ0v) is 11.0. The van der Waals surface area contributed by atoms with Crippen molar-refractivity contribution < 1.29 is 30.4 Å². The fourth-order valence-electron chi connectivity index (χ4n) is 1.51. The first-order valence-corrected chi connectivity index (χ1v) is 6.93. The number of benzene rings is 1. The Hall–Kier alpha value is -2.07. The number of halogens is 4. The van der Waals surface area contributed by atoms with E-state index in [1.54, 1.807) is 0 Å². The van der Waals surface area contributed by atoms with Gasteiger partial charge in [0, 0.05) is 6.07 Å². The molecule has 0 bridgehead atoms. The van der Waals surface area contributed by atoms with Crippen LogP contribution in [0, 0.1) is 23.3 Å². The number of primary sulfonamides is 1. The molecule has 0 amide bonds. The van der Waals surface area contributed by atoms with E-state index in [-0.39, 0.29) is 11.8 Å². The maximum atomic E-state index is 13.3. The molecule has 0 saturated heterocycles. The summed E-state index contributed by atoms with van der Waals surface area (Å²) in [6.07, 6.45) is 0. The van der Waals surface area contributed by atoms with Gasteiger partial charge in [-0.15, -0.1) is 0 Å². The van der Waals surface area contributed by atoms with Gasteiger partial charge >= 0.3 is 0 Å². The van der Waals surface area contributed by atoms with Crippen LogP contribution < -0.4 is 10.5 Å². The fraction of sp³-hybridized carbons (Fsp3) is 0.0909. The topological polar surface area (TPSA) is 85.3 Å². The first kappa shape index (κ1) is 15.3. The van der Waals surface area contributed by atoms with Gasteiger partial charge in [0.2, 0.25) is 5.09 Å². The number of nitrogens with two attached hydrogens (primary N) is 1. The average Bonchev–Trinajstić information content (AvgIpc) is 2.85. The first-order valence-electron chi connectivity index (χ1n) is 5.38. The van der Waals surface area contributed by atoms with E-state index >= 15 is 0 Å². The molecule has 0 aliphatic heterocycles. The number of hydrogen-bond acceptors (Lipinski definition) is 4. The smallest absolute Gasteiger partial charge is 0.271 e. The molecule has 0 atom stereocenters. The zero-order valence-electron chi connectivity index (χ0n) is 10.2. The molecule has 114 valence electrons. The third-order valence-electron chi connectivity index (χ3n) is 2.47. The predicted molar refractivity (Wildman–Crippen MR) is 63.7 cm³/mol. The molecule has 3 N–H and O–H groups in total. The Balaban J connectivity index is 2.23. The molecule has 0 unspecified atom stereocenters. The molecule has 0 aliphatic carbocycles. The Kier molecular flexibility index (Phi) is 3.92. The number of hydrogen-bond donors (Lipinski definition) is 2. The number of furan rings is 1. The Morgan fingerprint density at radius 3 is 2.14 bits per heavy atom. The summed E-state index contributed by atoms with van der Waals surface area (Å²) in [6, 6.07) is 2.28. The largest absolute Gasteiger partial charge is 0.446 e. The molecule has 2 rings (SSSR count). The van der Waals surface area contributed by atoms with Gasteiger partial charge in [-0.3, -0.25) is 0 Å². The van der Waals surface area contributed by atoms with Gasteiger partial charge in [0.1, 0.15) is 11.4 Å². The van der Waals surface area contributed by atoms with Gasteiger partial charge in [0.05, 0.1) is 6.54 Å². The van der Waals surface area contributed by atoms with Crippen LogP contribution >= 0.6 is 0 Å². The van der Waals surface area contributed by atoms with Gasteiger partial charge in [-0.1, -0.05) is 0 Å². The molecule has 21 heavy (non-hydrogen) atoms. The molecular formula is C11H8F4N2O3S. The second kappa shape index (κ2) is 5.37. The molecule has 0 spiro atoms. The summed E-state index contributed by atoms with van der Waals surface area (Å²) in [6.45, 7) is -0.410. The molecule has 10 heteroatoms. The third kappa shape index (κ3) is 3.16. The lowest BCUT2D eigenvalue weighted by Crippen LogP contribution is -2.11. The van der Waals surface area contributed by atoms with Crippen LogP contribution in [0.5, 0.6) is 0 Å². The highest BCUT2D eigenvalue weighted by atomic mass is 32.2. The summed E-state index contributed by atoms with van der Waals surface area (Å²) in [5, 5.41) is 6.34. The van der Waals surface area contributed by atoms with Crippen LogP contribution in [-0.4, -0.2) is 8.42 Å². The maximum absolute atomic E-state index is 13.3. The van der Waals surface area contributed by atoms with Crippen molar-refractivity contribution in [3.63, 3.8) is 0 Å². The van der Waals surface area contributed by atoms with Crippen molar-refractivity contribution in [1.82, 2.24) is 0 Å². The molecule has 1 aromatic carbocycles. The van der Waals surface area contributed by atoms with Crippen LogP contribution in [0.25, 0.3) is 0 Å². The van der Waals surface area contributed by atoms with Crippen molar-refractivity contribution in [3.05, 3.63) is 47.2 Å². The summed E-state index contributed by atoms with van der Waals surface area (Å²) in [5.74, 6) is -6.40. The normalized spacial score (nSPS) is 11.7. The number of anilines is 1. The van der Waals surface area contributed by atoms with Crippen LogP contribution in [0.2, 0.25) is 0 Å². The third-order valence-corrected chi connectivity index (χ3v) is 3.25. The highest BCUT2D eigenvalue weighted by Gasteiger charge is 2.19. The van der Waals surface area contributed by atoms with E-state index in [9.17, 15) is 26.0 Å². The number of nitrogens with one attached hydrogen (secondary N) is 1. The Morgan fingerprint density at radius 2 is 1.67 bits per heavy atom. The van der Waals surface area contributed by atoms with Gasteiger partial charge in [-0.25, -0.2) is 31.1 Å². The van der Waals surface area contributed by atoms with Crippen molar-refractivity contribution in [2.75, 3.05) is 5.32 Å². The lowest BCUT2D eigenvalue weighted by Gasteiger charge is -2.08. The van der Waals surface area contributed by atoms with E-state index in [1.165, 1.54) is 6.07 Å². The minimum absolute atomic E-state index is 0.0532. The summed E-state index contributed by atoms with van der Waals surface area (Å²) in [4.78, 5) is 0. The van der Waals surface area contributed by atoms with Crippen LogP contribution in [-0.2, 0) is 16.6 Å². The second-order valence-corrected chi connectivity index (χ2v) is 5.45. The van der Waals surface area contributed by atoms with Gasteiger partial charge in [0.15, 0.2) is 23.3 Å². The fourth-order valence-corrected chi connectivity index (χ4v) is 1.99. The molecule has 0 saturated carbocycles. The van der Waals surface area contributed by atoms with Crippen molar-refractivity contribution in [2.24, 2.45) is 5.14 Å². The van der Waals surface area contributed by atoms with Crippen molar-refractivity contribution in [3.8, 4) is 0 Å². The quantitative estimate of drug-likeness (QED) is 0.666. The van der Waals surface area contributed by atoms with Crippen molar-refractivity contribution in [2.45, 2.75) is 11.6 Å². The molecule has 0 fully saturated rings. The van der Waals surface area contributed by atoms with Crippen LogP contribution in [0.3, 0.4) is 0 Å². The highest BCUT2D eigenvalue weighted by molar-refractivity contribution is 7.89. The number of sulfonamides is 1. The molecular weight excluding hydrogens is 316 g/mol. The zero-order chi connectivity index (χ0) is 15.8. The maximum Gasteiger partial charge on any atom is 0.271 e. The Morgan fingerprint density at radius 1 is 1.10 bits per heavy atom. The lowest BCUT2D eigenvalue weighted by molar-refractivity contribution is 0.417. The standard InChI is InChI=1S/C11H8F4N2O3S/c12-6-3-7(13)10(15)11(9(6)14)17-4-5-1-2-8(20-5)21(16,18)19/h1-3,17H,4H2,(H2,16,18,19). The Bertz CT molecular complexity index is 763. The van der Waals surface area contributed by atoms with E-state index in [4.69, 9.17) is 9.56 Å². The van der Waals surface area contributed by atoms with E-state index < -0.39 is 50.6 Å². The predicted octanol–water partition coefficient (Wildman–Crippen LogP) is 2.10. The molecule has 1 aromatic heterocycles. The molecule has 5 nitrogen and oxygen atoms in total. The minimum atomic E-state index is -4.06. The SMILES string of the molecule is NS(=O)(=O)c1ccc(CNc2c(F)c(F)cc(F)c2F)o1. The summed E-state index contributed by atoms with van der Waals surface area (Å²) in [7, 11) is -4.06. The monoisotopic (exact) mass is 324 g/mol. The van der Waals surface area contributed by atoms with Gasteiger partial charge in [-0.05, 0) is 12.1 Å². The highest BCUT2D eigenvalue weighted by Crippen LogP contribution is 2.25. The summed E-state index contributed by atoms with van der Waals surface area (Å²) in [5.41, 5.74) is -1.03. The van der Waals surface area contributed by atoms with E-state index in [1.807, 2.05) is 0 Å². The number of rotatable bonds is 4. The Labute approximate surface area is 116 Å². The molecule has 0 radical (unpaired) electrons. The first-order chi connectivity index (χ1) is 9.70. The van der Waals surface area contributed by atoms with E-state index in [0.717, 1.165) is 6.07 Å². The molecule has 2 aromatic rings. The second-order valence-electron chi connectivity index (χ2n) is 3.96. The average molecular weight is 324 g/mol. The minimum Gasteiger partial charge on any atom is -0.446 e. The molecule has 1 heterocycles. The summed E-state index contributed by atoms with van der Waals surface area (Å²) >= 11 is 0. The van der Waals surface area contributed by atoms with Crippen LogP contribution in [0.4, 0.5) is 23.2 Å². The lowest BCUT2D eigenvalue weighted by atomic mass is 10.2. The van der Waals surface area contributed by atoms with E-state index in [0.29, 0.717) is 0 Å². The van der Waals surface area contributed by atoms with Crippen molar-refractivity contribution >= 4 is 15.7 Å². The van der Waals surface area contributed by atoms with Gasteiger partial charge < -0.3 is 9.73 Å². The van der Waals surface area contributed by atoms with Crippen LogP contribution in [0.15, 0.2) is 27.7 Å². The van der Waals surface area contributed by atoms with E-state index in [2.05, 4.69) is 5.32 Å².